The molecule has 1 spiro atoms. The largest absolute Gasteiger partial charge is 0.382 e. The molecular weight excluding hydrogens is 214 g/mol. The smallest absolute Gasteiger partial charge is 0.148 e. The first-order chi connectivity index (χ1) is 8.19. The van der Waals surface area contributed by atoms with Crippen molar-refractivity contribution in [3.05, 3.63) is 11.8 Å². The molecular formula is C13H21N3O. The van der Waals surface area contributed by atoms with Gasteiger partial charge in [-0.2, -0.15) is 5.10 Å². The highest BCUT2D eigenvalue weighted by molar-refractivity contribution is 5.35. The lowest BCUT2D eigenvalue weighted by atomic mass is 9.89. The van der Waals surface area contributed by atoms with Crippen LogP contribution in [0.3, 0.4) is 0 Å². The molecule has 1 atom stereocenters. The summed E-state index contributed by atoms with van der Waals surface area (Å²) >= 11 is 0. The second-order valence-corrected chi connectivity index (χ2v) is 5.56. The first kappa shape index (κ1) is 11.1. The van der Waals surface area contributed by atoms with Crippen molar-refractivity contribution in [2.45, 2.75) is 57.1 Å². The van der Waals surface area contributed by atoms with E-state index in [1.807, 2.05) is 6.92 Å². The van der Waals surface area contributed by atoms with Crippen LogP contribution in [0.2, 0.25) is 0 Å². The first-order valence-corrected chi connectivity index (χ1v) is 6.64. The van der Waals surface area contributed by atoms with Gasteiger partial charge in [0.15, 0.2) is 0 Å². The highest BCUT2D eigenvalue weighted by Gasteiger charge is 2.40. The monoisotopic (exact) mass is 235 g/mol. The molecule has 1 aliphatic carbocycles. The van der Waals surface area contributed by atoms with Gasteiger partial charge in [-0.3, -0.25) is 4.68 Å². The second-order valence-electron chi connectivity index (χ2n) is 5.56. The third-order valence-corrected chi connectivity index (χ3v) is 4.31. The van der Waals surface area contributed by atoms with E-state index in [2.05, 4.69) is 16.0 Å². The van der Waals surface area contributed by atoms with Crippen molar-refractivity contribution in [2.75, 3.05) is 12.3 Å². The molecule has 0 amide bonds. The van der Waals surface area contributed by atoms with E-state index < -0.39 is 0 Å². The standard InChI is InChI=1S/C13H21N3O/c1-10-9-16(15-12(10)14)11-4-7-17-13(8-11)5-2-3-6-13/h9,11H,2-8H2,1H3,(H2,14,15). The average Bonchev–Trinajstić information content (AvgIpc) is 2.88. The summed E-state index contributed by atoms with van der Waals surface area (Å²) in [6.45, 7) is 2.88. The van der Waals surface area contributed by atoms with Crippen LogP contribution in [0.15, 0.2) is 6.20 Å². The molecule has 1 aromatic rings. The van der Waals surface area contributed by atoms with E-state index in [-0.39, 0.29) is 5.60 Å². The summed E-state index contributed by atoms with van der Waals surface area (Å²) in [5.74, 6) is 0.664. The van der Waals surface area contributed by atoms with E-state index in [1.54, 1.807) is 0 Å². The number of aromatic nitrogens is 2. The summed E-state index contributed by atoms with van der Waals surface area (Å²) in [6, 6.07) is 0.470. The minimum absolute atomic E-state index is 0.150. The van der Waals surface area contributed by atoms with E-state index in [4.69, 9.17) is 10.5 Å². The van der Waals surface area contributed by atoms with E-state index in [0.29, 0.717) is 11.9 Å². The molecule has 1 aromatic heterocycles. The van der Waals surface area contributed by atoms with Crippen LogP contribution < -0.4 is 5.73 Å². The molecule has 1 aliphatic heterocycles. The Morgan fingerprint density at radius 2 is 2.24 bits per heavy atom. The maximum absolute atomic E-state index is 6.04. The van der Waals surface area contributed by atoms with Crippen LogP contribution >= 0.6 is 0 Å². The molecule has 17 heavy (non-hydrogen) atoms. The van der Waals surface area contributed by atoms with E-state index in [1.165, 1.54) is 25.7 Å². The van der Waals surface area contributed by atoms with Gasteiger partial charge in [-0.05, 0) is 32.6 Å². The van der Waals surface area contributed by atoms with Crippen LogP contribution in [-0.2, 0) is 4.74 Å². The molecule has 4 heteroatoms. The molecule has 0 aromatic carbocycles. The summed E-state index contributed by atoms with van der Waals surface area (Å²) in [6.07, 6.45) is 9.31. The number of nitrogens with two attached hydrogens (primary N) is 1. The third kappa shape index (κ3) is 1.95. The first-order valence-electron chi connectivity index (χ1n) is 6.64. The quantitative estimate of drug-likeness (QED) is 0.813. The van der Waals surface area contributed by atoms with Crippen LogP contribution in [0.25, 0.3) is 0 Å². The molecule has 0 radical (unpaired) electrons. The maximum atomic E-state index is 6.04. The lowest BCUT2D eigenvalue weighted by Crippen LogP contribution is -2.38. The van der Waals surface area contributed by atoms with E-state index in [9.17, 15) is 0 Å². The van der Waals surface area contributed by atoms with Crippen LogP contribution in [0.4, 0.5) is 5.82 Å². The number of rotatable bonds is 1. The van der Waals surface area contributed by atoms with E-state index in [0.717, 1.165) is 25.0 Å². The van der Waals surface area contributed by atoms with Crippen molar-refractivity contribution < 1.29 is 4.74 Å². The molecule has 2 heterocycles. The van der Waals surface area contributed by atoms with Crippen LogP contribution in [0, 0.1) is 6.92 Å². The number of anilines is 1. The number of hydrogen-bond donors (Lipinski definition) is 1. The van der Waals surface area contributed by atoms with Crippen molar-refractivity contribution in [3.63, 3.8) is 0 Å². The number of nitrogens with zero attached hydrogens (tertiary/aromatic N) is 2. The predicted molar refractivity (Wildman–Crippen MR) is 66.8 cm³/mol. The molecule has 4 nitrogen and oxygen atoms in total. The number of hydrogen-bond acceptors (Lipinski definition) is 3. The van der Waals surface area contributed by atoms with Gasteiger partial charge in [-0.15, -0.1) is 0 Å². The van der Waals surface area contributed by atoms with Crippen molar-refractivity contribution >= 4 is 5.82 Å². The molecule has 94 valence electrons. The molecule has 1 saturated carbocycles. The topological polar surface area (TPSA) is 53.1 Å². The van der Waals surface area contributed by atoms with Gasteiger partial charge >= 0.3 is 0 Å². The van der Waals surface area contributed by atoms with Crippen LogP contribution in [0.1, 0.15) is 50.1 Å². The Kier molecular flexibility index (Phi) is 2.62. The zero-order valence-electron chi connectivity index (χ0n) is 10.5. The minimum atomic E-state index is 0.150. The number of nitrogen functional groups attached to an aromatic ring is 1. The lowest BCUT2D eigenvalue weighted by Gasteiger charge is -2.38. The van der Waals surface area contributed by atoms with Crippen molar-refractivity contribution in [1.29, 1.82) is 0 Å². The second kappa shape index (κ2) is 4.02. The summed E-state index contributed by atoms with van der Waals surface area (Å²) in [5, 5.41) is 4.43. The van der Waals surface area contributed by atoms with Crippen molar-refractivity contribution in [2.24, 2.45) is 0 Å². The van der Waals surface area contributed by atoms with Gasteiger partial charge in [0.05, 0.1) is 11.6 Å². The fourth-order valence-corrected chi connectivity index (χ4v) is 3.28. The average molecular weight is 235 g/mol. The van der Waals surface area contributed by atoms with E-state index >= 15 is 0 Å². The molecule has 2 fully saturated rings. The van der Waals surface area contributed by atoms with Gasteiger partial charge < -0.3 is 10.5 Å². The summed E-state index contributed by atoms with van der Waals surface area (Å²) in [5.41, 5.74) is 7.06. The zero-order chi connectivity index (χ0) is 11.9. The maximum Gasteiger partial charge on any atom is 0.148 e. The van der Waals surface area contributed by atoms with Crippen molar-refractivity contribution in [1.82, 2.24) is 9.78 Å². The van der Waals surface area contributed by atoms with Gasteiger partial charge in [0, 0.05) is 18.4 Å². The van der Waals surface area contributed by atoms with Gasteiger partial charge in [0.2, 0.25) is 0 Å². The molecule has 1 saturated heterocycles. The third-order valence-electron chi connectivity index (χ3n) is 4.31. The Bertz CT molecular complexity index is 387. The fourth-order valence-electron chi connectivity index (χ4n) is 3.28. The Morgan fingerprint density at radius 1 is 1.47 bits per heavy atom. The SMILES string of the molecule is Cc1cn(C2CCOC3(CCCC3)C2)nc1N. The summed E-state index contributed by atoms with van der Waals surface area (Å²) in [4.78, 5) is 0. The van der Waals surface area contributed by atoms with Gasteiger partial charge in [-0.25, -0.2) is 0 Å². The Balaban J connectivity index is 1.79. The minimum Gasteiger partial charge on any atom is -0.382 e. The Labute approximate surface area is 102 Å². The Morgan fingerprint density at radius 3 is 2.88 bits per heavy atom. The molecule has 2 N–H and O–H groups in total. The molecule has 0 bridgehead atoms. The predicted octanol–water partition coefficient (Wildman–Crippen LogP) is 2.44. The molecule has 1 unspecified atom stereocenters. The van der Waals surface area contributed by atoms with Crippen LogP contribution in [0.5, 0.6) is 0 Å². The summed E-state index contributed by atoms with van der Waals surface area (Å²) in [7, 11) is 0. The van der Waals surface area contributed by atoms with Crippen LogP contribution in [-0.4, -0.2) is 22.0 Å². The number of ether oxygens (including phenoxy) is 1. The summed E-state index contributed by atoms with van der Waals surface area (Å²) < 4.78 is 8.11. The molecule has 3 rings (SSSR count). The highest BCUT2D eigenvalue weighted by Crippen LogP contribution is 2.43. The fraction of sp³-hybridized carbons (Fsp3) is 0.769. The van der Waals surface area contributed by atoms with Gasteiger partial charge in [0.1, 0.15) is 5.82 Å². The van der Waals surface area contributed by atoms with Crippen molar-refractivity contribution in [3.8, 4) is 0 Å². The lowest BCUT2D eigenvalue weighted by molar-refractivity contribution is -0.0909. The van der Waals surface area contributed by atoms with Gasteiger partial charge in [-0.1, -0.05) is 12.8 Å². The highest BCUT2D eigenvalue weighted by atomic mass is 16.5. The Hall–Kier alpha value is -1.03. The normalized spacial score (nSPS) is 27.7. The zero-order valence-corrected chi connectivity index (χ0v) is 10.5. The molecule has 2 aliphatic rings. The number of aryl methyl sites for hydroxylation is 1. The van der Waals surface area contributed by atoms with Gasteiger partial charge in [0.25, 0.3) is 0 Å².